The lowest BCUT2D eigenvalue weighted by Crippen LogP contribution is -2.63. The minimum atomic E-state index is -0.719. The second-order valence-electron chi connectivity index (χ2n) is 12.5. The highest BCUT2D eigenvalue weighted by Gasteiger charge is 2.80. The fraction of sp³-hybridized carbons (Fsp3) is 0.786. The summed E-state index contributed by atoms with van der Waals surface area (Å²) in [6, 6.07) is 0. The highest BCUT2D eigenvalue weighted by atomic mass is 16.6. The van der Waals surface area contributed by atoms with Crippen LogP contribution in [-0.4, -0.2) is 52.5 Å². The number of hydrogen-bond acceptors (Lipinski definition) is 6. The summed E-state index contributed by atoms with van der Waals surface area (Å²) >= 11 is 0. The van der Waals surface area contributed by atoms with Gasteiger partial charge in [0.05, 0.1) is 23.7 Å². The molecule has 0 aromatic heterocycles. The van der Waals surface area contributed by atoms with E-state index < -0.39 is 17.1 Å². The molecule has 4 aliphatic carbocycles. The smallest absolute Gasteiger partial charge is 0.336 e. The summed E-state index contributed by atoms with van der Waals surface area (Å²) in [5.74, 6) is 1.61. The van der Waals surface area contributed by atoms with Gasteiger partial charge in [0.15, 0.2) is 5.78 Å². The van der Waals surface area contributed by atoms with Crippen LogP contribution in [0.15, 0.2) is 23.3 Å². The van der Waals surface area contributed by atoms with Crippen LogP contribution in [0, 0.1) is 40.4 Å². The first-order valence-corrected chi connectivity index (χ1v) is 13.2. The van der Waals surface area contributed by atoms with Gasteiger partial charge in [0, 0.05) is 6.42 Å². The van der Waals surface area contributed by atoms with Crippen LogP contribution in [0.3, 0.4) is 0 Å². The molecular formula is C28H38O6. The number of esters is 1. The molecule has 6 heteroatoms. The number of ether oxygens (including phenoxy) is 2. The molecule has 5 unspecified atom stereocenters. The minimum absolute atomic E-state index is 0.0366. The summed E-state index contributed by atoms with van der Waals surface area (Å²) in [4.78, 5) is 25.8. The molecule has 0 aromatic carbocycles. The van der Waals surface area contributed by atoms with E-state index in [4.69, 9.17) is 9.47 Å². The highest BCUT2D eigenvalue weighted by Crippen LogP contribution is 2.73. The number of epoxide rings is 1. The van der Waals surface area contributed by atoms with Gasteiger partial charge in [-0.1, -0.05) is 19.4 Å². The molecule has 11 atom stereocenters. The number of carbonyl (C=O) groups is 2. The number of ketones is 1. The van der Waals surface area contributed by atoms with Crippen LogP contribution in [0.2, 0.25) is 0 Å². The Kier molecular flexibility index (Phi) is 4.90. The van der Waals surface area contributed by atoms with Gasteiger partial charge in [-0.05, 0) is 93.1 Å². The highest BCUT2D eigenvalue weighted by molar-refractivity contribution is 5.98. The summed E-state index contributed by atoms with van der Waals surface area (Å²) < 4.78 is 12.1. The van der Waals surface area contributed by atoms with Crippen molar-refractivity contribution >= 4 is 11.8 Å². The molecule has 6 nitrogen and oxygen atoms in total. The Morgan fingerprint density at radius 2 is 1.94 bits per heavy atom. The van der Waals surface area contributed by atoms with Crippen molar-refractivity contribution in [3.63, 3.8) is 0 Å². The zero-order valence-electron chi connectivity index (χ0n) is 20.8. The van der Waals surface area contributed by atoms with Crippen molar-refractivity contribution in [1.29, 1.82) is 0 Å². The Morgan fingerprint density at radius 1 is 1.18 bits per heavy atom. The number of carbonyl (C=O) groups excluding carboxylic acids is 2. The second kappa shape index (κ2) is 7.27. The minimum Gasteiger partial charge on any atom is -0.458 e. The number of aliphatic hydroxyl groups is 2. The molecule has 2 N–H and O–H groups in total. The normalized spacial score (nSPS) is 52.4. The van der Waals surface area contributed by atoms with Crippen LogP contribution >= 0.6 is 0 Å². The quantitative estimate of drug-likeness (QED) is 0.485. The topological polar surface area (TPSA) is 96.4 Å². The summed E-state index contributed by atoms with van der Waals surface area (Å²) in [7, 11) is 0. The van der Waals surface area contributed by atoms with E-state index in [-0.39, 0.29) is 47.8 Å². The van der Waals surface area contributed by atoms with Gasteiger partial charge in [-0.3, -0.25) is 4.79 Å². The number of rotatable bonds is 3. The molecule has 0 amide bonds. The maximum Gasteiger partial charge on any atom is 0.336 e. The van der Waals surface area contributed by atoms with Crippen LogP contribution in [0.5, 0.6) is 0 Å². The van der Waals surface area contributed by atoms with E-state index in [2.05, 4.69) is 20.8 Å². The predicted molar refractivity (Wildman–Crippen MR) is 124 cm³/mol. The molecule has 0 aromatic rings. The van der Waals surface area contributed by atoms with E-state index in [0.717, 1.165) is 37.7 Å². The Hall–Kier alpha value is -1.50. The summed E-state index contributed by atoms with van der Waals surface area (Å²) in [6.45, 7) is 8.41. The van der Waals surface area contributed by atoms with Gasteiger partial charge in [-0.15, -0.1) is 0 Å². The van der Waals surface area contributed by atoms with E-state index in [0.29, 0.717) is 29.7 Å². The van der Waals surface area contributed by atoms with Crippen molar-refractivity contribution in [2.45, 2.75) is 90.1 Å². The van der Waals surface area contributed by atoms with Crippen molar-refractivity contribution in [1.82, 2.24) is 0 Å². The van der Waals surface area contributed by atoms with Gasteiger partial charge in [0.25, 0.3) is 0 Å². The van der Waals surface area contributed by atoms with Crippen LogP contribution in [0.25, 0.3) is 0 Å². The first-order valence-electron chi connectivity index (χ1n) is 13.2. The molecule has 1 spiro atoms. The average Bonchev–Trinajstić information content (AvgIpc) is 3.43. The van der Waals surface area contributed by atoms with Crippen LogP contribution in [0.1, 0.15) is 66.2 Å². The first-order chi connectivity index (χ1) is 16.1. The lowest BCUT2D eigenvalue weighted by molar-refractivity contribution is -0.155. The molecule has 2 heterocycles. The van der Waals surface area contributed by atoms with Gasteiger partial charge in [0.1, 0.15) is 17.8 Å². The molecule has 6 rings (SSSR count). The summed E-state index contributed by atoms with van der Waals surface area (Å²) in [5, 5.41) is 20.4. The second-order valence-corrected chi connectivity index (χ2v) is 12.5. The third-order valence-corrected chi connectivity index (χ3v) is 11.6. The van der Waals surface area contributed by atoms with E-state index in [9.17, 15) is 19.8 Å². The van der Waals surface area contributed by atoms with Crippen LogP contribution in [-0.2, 0) is 19.1 Å². The van der Waals surface area contributed by atoms with Gasteiger partial charge < -0.3 is 19.7 Å². The lowest BCUT2D eigenvalue weighted by Gasteiger charge is -2.58. The SMILES string of the molecule is CC1=C(CO)C(=O)OC([C@@H](C)C2CCC3C4C[C@H]5O[C@]56[C@H](O)C=CC(=O)[C@]6(C)C4CC[C@@]32C)C1. The van der Waals surface area contributed by atoms with Crippen LogP contribution < -0.4 is 0 Å². The molecule has 186 valence electrons. The monoisotopic (exact) mass is 470 g/mol. The van der Waals surface area contributed by atoms with Crippen molar-refractivity contribution in [2.75, 3.05) is 6.61 Å². The Bertz CT molecular complexity index is 999. The molecule has 6 aliphatic rings. The summed E-state index contributed by atoms with van der Waals surface area (Å²) in [6.07, 6.45) is 8.23. The molecule has 34 heavy (non-hydrogen) atoms. The molecule has 3 saturated carbocycles. The third kappa shape index (κ3) is 2.63. The van der Waals surface area contributed by atoms with E-state index in [1.165, 1.54) is 0 Å². The van der Waals surface area contributed by atoms with E-state index in [1.54, 1.807) is 12.2 Å². The number of aliphatic hydroxyl groups excluding tert-OH is 2. The maximum absolute atomic E-state index is 13.3. The Morgan fingerprint density at radius 3 is 2.65 bits per heavy atom. The number of hydrogen-bond donors (Lipinski definition) is 2. The number of allylic oxidation sites excluding steroid dienone is 1. The van der Waals surface area contributed by atoms with Crippen molar-refractivity contribution < 1.29 is 29.3 Å². The maximum atomic E-state index is 13.3. The average molecular weight is 471 g/mol. The zero-order chi connectivity index (χ0) is 24.2. The molecular weight excluding hydrogens is 432 g/mol. The molecule has 1 saturated heterocycles. The van der Waals surface area contributed by atoms with Gasteiger partial charge >= 0.3 is 5.97 Å². The van der Waals surface area contributed by atoms with Crippen molar-refractivity contribution in [3.05, 3.63) is 23.3 Å². The van der Waals surface area contributed by atoms with E-state index >= 15 is 0 Å². The predicted octanol–water partition coefficient (Wildman–Crippen LogP) is 3.35. The third-order valence-electron chi connectivity index (χ3n) is 11.6. The van der Waals surface area contributed by atoms with Gasteiger partial charge in [0.2, 0.25) is 0 Å². The Balaban J connectivity index is 1.27. The fourth-order valence-corrected chi connectivity index (χ4v) is 9.69. The lowest BCUT2D eigenvalue weighted by atomic mass is 9.44. The fourth-order valence-electron chi connectivity index (χ4n) is 9.69. The number of fused-ring (bicyclic) bond motifs is 4. The number of cyclic esters (lactones) is 1. The van der Waals surface area contributed by atoms with Crippen LogP contribution in [0.4, 0.5) is 0 Å². The molecule has 2 aliphatic heterocycles. The Labute approximate surface area is 201 Å². The van der Waals surface area contributed by atoms with E-state index in [1.807, 2.05) is 6.92 Å². The zero-order valence-corrected chi connectivity index (χ0v) is 20.8. The van der Waals surface area contributed by atoms with Crippen molar-refractivity contribution in [2.24, 2.45) is 40.4 Å². The standard InChI is InChI=1S/C28H38O6/c1-14-11-21(33-25(32)17(14)13-29)15(2)18-5-6-19-16-12-24-28(34-24)23(31)8-7-22(30)27(28,4)20(16)9-10-26(18,19)3/h7-8,15-16,18-21,23-24,29,31H,5-6,9-13H2,1-4H3/t15-,16?,18?,19?,20?,21?,23+,24+,26+,27-,28+/m0/s1. The first kappa shape index (κ1) is 22.9. The summed E-state index contributed by atoms with van der Waals surface area (Å²) in [5.41, 5.74) is 0.129. The van der Waals surface area contributed by atoms with Crippen molar-refractivity contribution in [3.8, 4) is 0 Å². The molecule has 0 radical (unpaired) electrons. The largest absolute Gasteiger partial charge is 0.458 e. The van der Waals surface area contributed by atoms with Gasteiger partial charge in [-0.25, -0.2) is 4.79 Å². The molecule has 0 bridgehead atoms. The van der Waals surface area contributed by atoms with Gasteiger partial charge in [-0.2, -0.15) is 0 Å². The molecule has 4 fully saturated rings.